The average Bonchev–Trinajstić information content (AvgIpc) is 2.65. The monoisotopic (exact) mass is 226 g/mol. The van der Waals surface area contributed by atoms with Crippen LogP contribution in [0.25, 0.3) is 0 Å². The van der Waals surface area contributed by atoms with Gasteiger partial charge in [-0.25, -0.2) is 0 Å². The molecule has 0 aromatic rings. The molecule has 0 bridgehead atoms. The number of ketones is 1. The first-order valence-electron chi connectivity index (χ1n) is 6.04. The van der Waals surface area contributed by atoms with E-state index in [9.17, 15) is 19.8 Å². The van der Waals surface area contributed by atoms with Crippen LogP contribution >= 0.6 is 0 Å². The molecule has 90 valence electrons. The summed E-state index contributed by atoms with van der Waals surface area (Å²) in [6.45, 7) is 0. The van der Waals surface area contributed by atoms with Crippen molar-refractivity contribution in [2.24, 2.45) is 11.3 Å². The molecule has 0 radical (unpaired) electrons. The summed E-state index contributed by atoms with van der Waals surface area (Å²) in [7, 11) is 0. The minimum Gasteiger partial charge on any atom is -0.480 e. The molecule has 0 amide bonds. The van der Waals surface area contributed by atoms with Gasteiger partial charge in [0.1, 0.15) is 5.41 Å². The second-order valence-corrected chi connectivity index (χ2v) is 5.01. The summed E-state index contributed by atoms with van der Waals surface area (Å²) >= 11 is 0. The quantitative estimate of drug-likeness (QED) is 0.697. The van der Waals surface area contributed by atoms with E-state index in [1.165, 1.54) is 0 Å². The molecule has 3 unspecified atom stereocenters. The zero-order valence-corrected chi connectivity index (χ0v) is 9.32. The lowest BCUT2D eigenvalue weighted by molar-refractivity contribution is -0.164. The molecule has 0 aromatic heterocycles. The van der Waals surface area contributed by atoms with Gasteiger partial charge in [-0.1, -0.05) is 12.8 Å². The Morgan fingerprint density at radius 3 is 2.50 bits per heavy atom. The second kappa shape index (κ2) is 4.17. The van der Waals surface area contributed by atoms with Gasteiger partial charge in [0.25, 0.3) is 0 Å². The van der Waals surface area contributed by atoms with Crippen LogP contribution in [0.3, 0.4) is 0 Å². The van der Waals surface area contributed by atoms with Crippen molar-refractivity contribution in [3.8, 4) is 0 Å². The molecule has 16 heavy (non-hydrogen) atoms. The smallest absolute Gasteiger partial charge is 0.317 e. The van der Waals surface area contributed by atoms with E-state index in [-0.39, 0.29) is 11.7 Å². The number of hydrogen-bond donors (Lipinski definition) is 2. The Morgan fingerprint density at radius 1 is 1.25 bits per heavy atom. The molecule has 2 saturated carbocycles. The highest BCUT2D eigenvalue weighted by Crippen LogP contribution is 2.47. The normalized spacial score (nSPS) is 39.9. The van der Waals surface area contributed by atoms with Crippen molar-refractivity contribution in [2.45, 2.75) is 51.0 Å². The second-order valence-electron chi connectivity index (χ2n) is 5.01. The average molecular weight is 226 g/mol. The minimum absolute atomic E-state index is 0.169. The Balaban J connectivity index is 2.33. The van der Waals surface area contributed by atoms with E-state index in [1.54, 1.807) is 0 Å². The van der Waals surface area contributed by atoms with Crippen LogP contribution in [-0.4, -0.2) is 28.1 Å². The van der Waals surface area contributed by atoms with Gasteiger partial charge in [0.05, 0.1) is 6.10 Å². The fourth-order valence-corrected chi connectivity index (χ4v) is 3.34. The highest BCUT2D eigenvalue weighted by Gasteiger charge is 2.55. The standard InChI is InChI=1S/C12H18O4/c13-9-5-3-4-8(9)12(11(15)16)7-2-1-6-10(12)14/h8-9,13H,1-7H2,(H,15,16). The molecule has 3 atom stereocenters. The maximum Gasteiger partial charge on any atom is 0.317 e. The lowest BCUT2D eigenvalue weighted by Crippen LogP contribution is -2.49. The largest absolute Gasteiger partial charge is 0.480 e. The lowest BCUT2D eigenvalue weighted by Gasteiger charge is -2.38. The first-order chi connectivity index (χ1) is 7.59. The Labute approximate surface area is 94.7 Å². The number of aliphatic hydroxyl groups is 1. The van der Waals surface area contributed by atoms with Crippen LogP contribution in [0.1, 0.15) is 44.9 Å². The molecule has 2 rings (SSSR count). The highest BCUT2D eigenvalue weighted by atomic mass is 16.4. The van der Waals surface area contributed by atoms with E-state index in [0.29, 0.717) is 25.7 Å². The van der Waals surface area contributed by atoms with Crippen molar-refractivity contribution in [3.63, 3.8) is 0 Å². The van der Waals surface area contributed by atoms with Crippen LogP contribution in [0.2, 0.25) is 0 Å². The van der Waals surface area contributed by atoms with Gasteiger partial charge in [0, 0.05) is 12.3 Å². The Hall–Kier alpha value is -0.900. The van der Waals surface area contributed by atoms with Crippen LogP contribution in [0.4, 0.5) is 0 Å². The number of carboxylic acid groups (broad SMARTS) is 1. The van der Waals surface area contributed by atoms with Gasteiger partial charge in [-0.2, -0.15) is 0 Å². The number of carbonyl (C=O) groups excluding carboxylic acids is 1. The SMILES string of the molecule is O=C(O)C1(C2CCCC2O)CCCCC1=O. The van der Waals surface area contributed by atoms with Crippen molar-refractivity contribution < 1.29 is 19.8 Å². The van der Waals surface area contributed by atoms with Crippen LogP contribution in [-0.2, 0) is 9.59 Å². The molecule has 2 aliphatic rings. The van der Waals surface area contributed by atoms with Gasteiger partial charge >= 0.3 is 5.97 Å². The maximum absolute atomic E-state index is 12.0. The number of aliphatic carboxylic acids is 1. The van der Waals surface area contributed by atoms with Crippen LogP contribution < -0.4 is 0 Å². The van der Waals surface area contributed by atoms with Crippen molar-refractivity contribution in [1.82, 2.24) is 0 Å². The topological polar surface area (TPSA) is 74.6 Å². The molecule has 0 spiro atoms. The van der Waals surface area contributed by atoms with E-state index in [2.05, 4.69) is 0 Å². The van der Waals surface area contributed by atoms with Gasteiger partial charge in [0.2, 0.25) is 0 Å². The lowest BCUT2D eigenvalue weighted by atomic mass is 9.63. The first-order valence-corrected chi connectivity index (χ1v) is 6.04. The molecule has 0 aromatic carbocycles. The van der Waals surface area contributed by atoms with Gasteiger partial charge in [0.15, 0.2) is 5.78 Å². The number of Topliss-reactive ketones (excluding diaryl/α,β-unsaturated/α-hetero) is 1. The van der Waals surface area contributed by atoms with E-state index in [1.807, 2.05) is 0 Å². The van der Waals surface area contributed by atoms with Gasteiger partial charge in [-0.15, -0.1) is 0 Å². The summed E-state index contributed by atoms with van der Waals surface area (Å²) in [5.74, 6) is -1.56. The summed E-state index contributed by atoms with van der Waals surface area (Å²) in [5, 5.41) is 19.3. The molecular weight excluding hydrogens is 208 g/mol. The van der Waals surface area contributed by atoms with Crippen molar-refractivity contribution >= 4 is 11.8 Å². The molecule has 4 nitrogen and oxygen atoms in total. The van der Waals surface area contributed by atoms with Crippen molar-refractivity contribution in [3.05, 3.63) is 0 Å². The van der Waals surface area contributed by atoms with E-state index < -0.39 is 17.5 Å². The van der Waals surface area contributed by atoms with E-state index in [0.717, 1.165) is 19.3 Å². The Kier molecular flexibility index (Phi) is 3.02. The van der Waals surface area contributed by atoms with Crippen molar-refractivity contribution in [2.75, 3.05) is 0 Å². The molecule has 2 aliphatic carbocycles. The molecular formula is C12H18O4. The number of rotatable bonds is 2. The van der Waals surface area contributed by atoms with Crippen LogP contribution in [0.15, 0.2) is 0 Å². The maximum atomic E-state index is 12.0. The number of carbonyl (C=O) groups is 2. The number of aliphatic hydroxyl groups excluding tert-OH is 1. The van der Waals surface area contributed by atoms with Gasteiger partial charge in [-0.3, -0.25) is 9.59 Å². The third kappa shape index (κ3) is 1.56. The molecule has 2 fully saturated rings. The fraction of sp³-hybridized carbons (Fsp3) is 0.833. The molecule has 2 N–H and O–H groups in total. The Morgan fingerprint density at radius 2 is 2.00 bits per heavy atom. The summed E-state index contributed by atoms with van der Waals surface area (Å²) in [6.07, 6.45) is 3.84. The van der Waals surface area contributed by atoms with E-state index >= 15 is 0 Å². The summed E-state index contributed by atoms with van der Waals surface area (Å²) < 4.78 is 0. The predicted octanol–water partition coefficient (Wildman–Crippen LogP) is 1.36. The Bertz CT molecular complexity index is 312. The first kappa shape index (κ1) is 11.6. The number of hydrogen-bond acceptors (Lipinski definition) is 3. The molecule has 4 heteroatoms. The highest BCUT2D eigenvalue weighted by molar-refractivity contribution is 6.04. The zero-order valence-electron chi connectivity index (χ0n) is 9.32. The third-order valence-electron chi connectivity index (χ3n) is 4.22. The fourth-order valence-electron chi connectivity index (χ4n) is 3.34. The van der Waals surface area contributed by atoms with Crippen LogP contribution in [0, 0.1) is 11.3 Å². The molecule has 0 aliphatic heterocycles. The predicted molar refractivity (Wildman–Crippen MR) is 56.9 cm³/mol. The van der Waals surface area contributed by atoms with Crippen molar-refractivity contribution in [1.29, 1.82) is 0 Å². The molecule has 0 heterocycles. The van der Waals surface area contributed by atoms with Gasteiger partial charge < -0.3 is 10.2 Å². The summed E-state index contributed by atoms with van der Waals surface area (Å²) in [5.41, 5.74) is -1.28. The zero-order chi connectivity index (χ0) is 11.8. The molecule has 0 saturated heterocycles. The third-order valence-corrected chi connectivity index (χ3v) is 4.22. The van der Waals surface area contributed by atoms with Gasteiger partial charge in [-0.05, 0) is 25.7 Å². The van der Waals surface area contributed by atoms with E-state index in [4.69, 9.17) is 0 Å². The summed E-state index contributed by atoms with van der Waals surface area (Å²) in [6, 6.07) is 0. The van der Waals surface area contributed by atoms with Crippen LogP contribution in [0.5, 0.6) is 0 Å². The summed E-state index contributed by atoms with van der Waals surface area (Å²) in [4.78, 5) is 23.5. The number of carboxylic acids is 1. The minimum atomic E-state index is -1.28.